The third kappa shape index (κ3) is 7.54. The molecule has 0 bridgehead atoms. The summed E-state index contributed by atoms with van der Waals surface area (Å²) in [5.41, 5.74) is 1.07. The van der Waals surface area contributed by atoms with Gasteiger partial charge in [0.05, 0.1) is 49.3 Å². The molecule has 0 saturated heterocycles. The van der Waals surface area contributed by atoms with Gasteiger partial charge in [-0.3, -0.25) is 4.57 Å². The molecule has 0 unspecified atom stereocenters. The number of aromatic hydroxyl groups is 1. The fourth-order valence-corrected chi connectivity index (χ4v) is 7.80. The first-order valence-corrected chi connectivity index (χ1v) is 17.4. The van der Waals surface area contributed by atoms with Gasteiger partial charge in [-0.15, -0.1) is 0 Å². The zero-order chi connectivity index (χ0) is 34.6. The van der Waals surface area contributed by atoms with Crippen LogP contribution in [0.25, 0.3) is 10.8 Å². The number of benzene rings is 2. The third-order valence-corrected chi connectivity index (χ3v) is 10.5. The van der Waals surface area contributed by atoms with E-state index >= 15 is 0 Å². The highest BCUT2D eigenvalue weighted by Gasteiger charge is 2.36. The van der Waals surface area contributed by atoms with Gasteiger partial charge in [-0.05, 0) is 74.8 Å². The Balaban J connectivity index is 1.47. The molecule has 2 aromatic heterocycles. The number of nitrogens with zero attached hydrogens (tertiary/aromatic N) is 4. The summed E-state index contributed by atoms with van der Waals surface area (Å²) in [6.07, 6.45) is 0.794. The Kier molecular flexibility index (Phi) is 10.5. The van der Waals surface area contributed by atoms with Crippen molar-refractivity contribution in [3.05, 3.63) is 59.4 Å². The maximum absolute atomic E-state index is 14.2. The first kappa shape index (κ1) is 35.0. The van der Waals surface area contributed by atoms with E-state index in [4.69, 9.17) is 13.8 Å². The standard InChI is InChI=1S/C33H38F3N6O5P/c1-5-46-48(44,47-6-2)19-21-9-13-26(28(15-21)45-4)40-32-38-17-25(33(34,35)36)30(41-32)39-27-14-12-23(22-10-7-20(16-37)8-11-22)24-18-42(3)31(43)29(24)27/h9,12-15,17-18,20,22,43H,5-8,10-11,19H2,1-4H3,(H2,38,39,40,41). The fourth-order valence-electron chi connectivity index (χ4n) is 6.12. The van der Waals surface area contributed by atoms with Gasteiger partial charge in [-0.2, -0.15) is 23.4 Å². The minimum Gasteiger partial charge on any atom is -0.495 e. The molecule has 1 fully saturated rings. The first-order chi connectivity index (χ1) is 22.9. The van der Waals surface area contributed by atoms with Gasteiger partial charge in [0.1, 0.15) is 17.1 Å². The van der Waals surface area contributed by atoms with E-state index < -0.39 is 25.2 Å². The van der Waals surface area contributed by atoms with E-state index in [0.29, 0.717) is 34.0 Å². The second-order valence-corrected chi connectivity index (χ2v) is 13.6. The molecule has 3 N–H and O–H groups in total. The van der Waals surface area contributed by atoms with E-state index in [1.54, 1.807) is 51.4 Å². The SMILES string of the molecule is CCOP(=O)(Cc1ccc(Nc2ncc(C(F)(F)F)c(Nc3ccc(C4CCC(C#N)CC4)c4cn(C)c(O)c34)n2)c(OC)c1)OCC. The number of fused-ring (bicyclic) bond motifs is 1. The quantitative estimate of drug-likeness (QED) is 0.124. The summed E-state index contributed by atoms with van der Waals surface area (Å²) in [6.45, 7) is 3.85. The Morgan fingerprint density at radius 3 is 2.40 bits per heavy atom. The maximum atomic E-state index is 14.2. The van der Waals surface area contributed by atoms with Crippen molar-refractivity contribution in [2.45, 2.75) is 57.8 Å². The lowest BCUT2D eigenvalue weighted by atomic mass is 9.78. The number of halogens is 3. The zero-order valence-electron chi connectivity index (χ0n) is 27.1. The molecule has 1 aliphatic carbocycles. The van der Waals surface area contributed by atoms with Crippen LogP contribution in [0.4, 0.5) is 36.3 Å². The average molecular weight is 687 g/mol. The van der Waals surface area contributed by atoms with E-state index in [9.17, 15) is 28.1 Å². The smallest absolute Gasteiger partial charge is 0.421 e. The largest absolute Gasteiger partial charge is 0.495 e. The molecule has 0 aliphatic heterocycles. The number of methoxy groups -OCH3 is 1. The number of rotatable bonds is 12. The van der Waals surface area contributed by atoms with Crippen molar-refractivity contribution in [1.82, 2.24) is 14.5 Å². The van der Waals surface area contributed by atoms with Crippen molar-refractivity contribution in [2.24, 2.45) is 13.0 Å². The Bertz CT molecular complexity index is 1860. The number of nitriles is 1. The summed E-state index contributed by atoms with van der Waals surface area (Å²) in [7, 11) is -0.313. The van der Waals surface area contributed by atoms with E-state index in [-0.39, 0.29) is 48.7 Å². The molecule has 256 valence electrons. The van der Waals surface area contributed by atoms with Gasteiger partial charge >= 0.3 is 13.8 Å². The number of aromatic nitrogens is 3. The minimum atomic E-state index is -4.79. The minimum absolute atomic E-state index is 0.00308. The zero-order valence-corrected chi connectivity index (χ0v) is 28.0. The molecule has 0 atom stereocenters. The number of hydrogen-bond donors (Lipinski definition) is 3. The summed E-state index contributed by atoms with van der Waals surface area (Å²) in [5.74, 6) is -0.299. The maximum Gasteiger partial charge on any atom is 0.421 e. The molecule has 0 spiro atoms. The number of hydrogen-bond acceptors (Lipinski definition) is 10. The second kappa shape index (κ2) is 14.4. The molecule has 11 nitrogen and oxygen atoms in total. The van der Waals surface area contributed by atoms with Gasteiger partial charge in [-0.1, -0.05) is 12.1 Å². The van der Waals surface area contributed by atoms with Gasteiger partial charge in [0, 0.05) is 30.7 Å². The summed E-state index contributed by atoms with van der Waals surface area (Å²) < 4.78 is 73.4. The van der Waals surface area contributed by atoms with Gasteiger partial charge in [0.2, 0.25) is 11.8 Å². The van der Waals surface area contributed by atoms with Crippen LogP contribution in [0.2, 0.25) is 0 Å². The van der Waals surface area contributed by atoms with E-state index in [2.05, 4.69) is 26.7 Å². The topological polar surface area (TPSA) is 144 Å². The predicted molar refractivity (Wildman–Crippen MR) is 176 cm³/mol. The molecule has 2 heterocycles. The Hall–Kier alpha value is -4.31. The third-order valence-electron chi connectivity index (χ3n) is 8.40. The van der Waals surface area contributed by atoms with Crippen LogP contribution in [-0.4, -0.2) is 40.0 Å². The molecule has 0 amide bonds. The molecular weight excluding hydrogens is 648 g/mol. The molecule has 48 heavy (non-hydrogen) atoms. The molecule has 1 saturated carbocycles. The lowest BCUT2D eigenvalue weighted by Gasteiger charge is -2.26. The van der Waals surface area contributed by atoms with Gasteiger partial charge < -0.3 is 34.1 Å². The highest BCUT2D eigenvalue weighted by molar-refractivity contribution is 7.53. The Labute approximate surface area is 276 Å². The highest BCUT2D eigenvalue weighted by atomic mass is 31.2. The van der Waals surface area contributed by atoms with E-state index in [0.717, 1.165) is 31.2 Å². The van der Waals surface area contributed by atoms with Crippen molar-refractivity contribution in [2.75, 3.05) is 31.0 Å². The first-order valence-electron chi connectivity index (χ1n) is 15.6. The summed E-state index contributed by atoms with van der Waals surface area (Å²) >= 11 is 0. The number of ether oxygens (including phenoxy) is 1. The number of alkyl halides is 3. The van der Waals surface area contributed by atoms with E-state index in [1.165, 1.54) is 11.7 Å². The highest BCUT2D eigenvalue weighted by Crippen LogP contribution is 2.52. The number of aryl methyl sites for hydroxylation is 1. The number of nitrogens with one attached hydrogen (secondary N) is 2. The van der Waals surface area contributed by atoms with Gasteiger partial charge in [0.15, 0.2) is 0 Å². The molecule has 5 rings (SSSR count). The normalized spacial score (nSPS) is 16.9. The van der Waals surface area contributed by atoms with Crippen molar-refractivity contribution >= 4 is 41.5 Å². The second-order valence-electron chi connectivity index (χ2n) is 11.6. The monoisotopic (exact) mass is 686 g/mol. The number of anilines is 4. The van der Waals surface area contributed by atoms with Crippen LogP contribution < -0.4 is 15.4 Å². The van der Waals surface area contributed by atoms with Crippen LogP contribution >= 0.6 is 7.60 Å². The lowest BCUT2D eigenvalue weighted by molar-refractivity contribution is -0.137. The van der Waals surface area contributed by atoms with Crippen LogP contribution in [0.3, 0.4) is 0 Å². The fraction of sp³-hybridized carbons (Fsp3) is 0.424. The molecule has 0 radical (unpaired) electrons. The predicted octanol–water partition coefficient (Wildman–Crippen LogP) is 8.75. The molecule has 4 aromatic rings. The van der Waals surface area contributed by atoms with Crippen molar-refractivity contribution < 1.29 is 36.6 Å². The Morgan fingerprint density at radius 1 is 1.08 bits per heavy atom. The van der Waals surface area contributed by atoms with Crippen LogP contribution in [0.1, 0.15) is 62.1 Å². The molecule has 2 aromatic carbocycles. The summed E-state index contributed by atoms with van der Waals surface area (Å²) in [6, 6.07) is 10.7. The average Bonchev–Trinajstić information content (AvgIpc) is 3.35. The van der Waals surface area contributed by atoms with Crippen LogP contribution in [0.5, 0.6) is 11.6 Å². The van der Waals surface area contributed by atoms with Crippen LogP contribution in [0.15, 0.2) is 42.7 Å². The lowest BCUT2D eigenvalue weighted by Crippen LogP contribution is -2.13. The summed E-state index contributed by atoms with van der Waals surface area (Å²) in [4.78, 5) is 8.12. The van der Waals surface area contributed by atoms with Gasteiger partial charge in [-0.25, -0.2) is 4.98 Å². The molecule has 1 aliphatic rings. The molecule has 15 heteroatoms. The van der Waals surface area contributed by atoms with Crippen LogP contribution in [0, 0.1) is 17.2 Å². The summed E-state index contributed by atoms with van der Waals surface area (Å²) in [5, 5.41) is 27.1. The molecular formula is C33H38F3N6O5P. The van der Waals surface area contributed by atoms with Crippen molar-refractivity contribution in [3.8, 4) is 17.7 Å². The van der Waals surface area contributed by atoms with Gasteiger partial charge in [0.25, 0.3) is 0 Å². The Morgan fingerprint density at radius 2 is 1.77 bits per heavy atom. The van der Waals surface area contributed by atoms with Crippen LogP contribution in [-0.2, 0) is 33.0 Å². The van der Waals surface area contributed by atoms with E-state index in [1.807, 2.05) is 6.07 Å². The van der Waals surface area contributed by atoms with Crippen molar-refractivity contribution in [3.63, 3.8) is 0 Å². The van der Waals surface area contributed by atoms with Crippen molar-refractivity contribution in [1.29, 1.82) is 5.26 Å².